The molecule has 0 atom stereocenters. The number of hydrogen-bond donors (Lipinski definition) is 1. The number of rotatable bonds is 2. The van der Waals surface area contributed by atoms with Crippen molar-refractivity contribution in [2.75, 3.05) is 0 Å². The van der Waals surface area contributed by atoms with Crippen molar-refractivity contribution in [2.24, 2.45) is 7.05 Å². The first-order chi connectivity index (χ1) is 8.16. The van der Waals surface area contributed by atoms with Gasteiger partial charge in [-0.15, -0.1) is 0 Å². The molecule has 0 radical (unpaired) electrons. The van der Waals surface area contributed by atoms with Crippen LogP contribution in [0.25, 0.3) is 17.0 Å². The fraction of sp³-hybridized carbons (Fsp3) is 0.0909. The second-order valence-corrected chi connectivity index (χ2v) is 4.50. The summed E-state index contributed by atoms with van der Waals surface area (Å²) >= 11 is 1.61. The number of aryl methyl sites for hydroxylation is 1. The van der Waals surface area contributed by atoms with Crippen molar-refractivity contribution in [3.8, 4) is 11.3 Å². The van der Waals surface area contributed by atoms with Crippen LogP contribution in [0.2, 0.25) is 0 Å². The van der Waals surface area contributed by atoms with Crippen LogP contribution >= 0.6 is 11.3 Å². The molecule has 0 aliphatic heterocycles. The molecule has 5 nitrogen and oxygen atoms in total. The molecule has 0 aromatic carbocycles. The summed E-state index contributed by atoms with van der Waals surface area (Å²) in [4.78, 5) is 15.4. The number of nitrogens with zero attached hydrogens (tertiary/aromatic N) is 3. The third kappa shape index (κ3) is 1.45. The molecule has 0 saturated heterocycles. The van der Waals surface area contributed by atoms with Gasteiger partial charge in [0.05, 0.1) is 5.69 Å². The average molecular weight is 247 g/mol. The Morgan fingerprint density at radius 3 is 2.88 bits per heavy atom. The second kappa shape index (κ2) is 3.46. The number of aromatic nitrogens is 3. The zero-order chi connectivity index (χ0) is 12.0. The molecule has 6 heteroatoms. The minimum atomic E-state index is -0.949. The van der Waals surface area contributed by atoms with Crippen molar-refractivity contribution in [1.29, 1.82) is 0 Å². The van der Waals surface area contributed by atoms with Crippen molar-refractivity contribution in [3.63, 3.8) is 0 Å². The third-order valence-electron chi connectivity index (χ3n) is 2.67. The Kier molecular flexibility index (Phi) is 2.05. The number of hydrogen-bond acceptors (Lipinski definition) is 3. The highest BCUT2D eigenvalue weighted by atomic mass is 32.1. The molecule has 3 heterocycles. The third-order valence-corrected chi connectivity index (χ3v) is 3.35. The number of fused-ring (bicyclic) bond motifs is 1. The summed E-state index contributed by atoms with van der Waals surface area (Å²) in [5.74, 6) is -0.321. The van der Waals surface area contributed by atoms with Crippen LogP contribution in [-0.2, 0) is 7.05 Å². The monoisotopic (exact) mass is 247 g/mol. The molecule has 0 unspecified atom stereocenters. The molecule has 3 aromatic rings. The van der Waals surface area contributed by atoms with Crippen LogP contribution in [0, 0.1) is 0 Å². The van der Waals surface area contributed by atoms with E-state index < -0.39 is 5.97 Å². The maximum Gasteiger partial charge on any atom is 0.354 e. The highest BCUT2D eigenvalue weighted by molar-refractivity contribution is 7.08. The van der Waals surface area contributed by atoms with Gasteiger partial charge in [0, 0.05) is 30.4 Å². The summed E-state index contributed by atoms with van der Waals surface area (Å²) in [7, 11) is 1.70. The molecular formula is C11H9N3O2S. The molecule has 3 rings (SSSR count). The fourth-order valence-corrected chi connectivity index (χ4v) is 2.45. The number of carbonyl (C=O) groups is 1. The molecule has 86 valence electrons. The van der Waals surface area contributed by atoms with Gasteiger partial charge in [-0.05, 0) is 11.4 Å². The highest BCUT2D eigenvalue weighted by Crippen LogP contribution is 2.22. The maximum atomic E-state index is 10.9. The normalized spacial score (nSPS) is 11.1. The minimum absolute atomic E-state index is 0.226. The summed E-state index contributed by atoms with van der Waals surface area (Å²) in [6.07, 6.45) is 3.41. The van der Waals surface area contributed by atoms with Crippen LogP contribution in [0.1, 0.15) is 10.5 Å². The van der Waals surface area contributed by atoms with E-state index in [0.717, 1.165) is 11.3 Å². The molecule has 0 spiro atoms. The predicted molar refractivity (Wildman–Crippen MR) is 64.4 cm³/mol. The molecule has 3 aromatic heterocycles. The van der Waals surface area contributed by atoms with Gasteiger partial charge in [-0.3, -0.25) is 4.40 Å². The Labute approximate surface area is 101 Å². The average Bonchev–Trinajstić information content (AvgIpc) is 2.94. The van der Waals surface area contributed by atoms with Crippen molar-refractivity contribution in [1.82, 2.24) is 14.0 Å². The minimum Gasteiger partial charge on any atom is -0.477 e. The van der Waals surface area contributed by atoms with Crippen molar-refractivity contribution >= 4 is 23.1 Å². The van der Waals surface area contributed by atoms with Gasteiger partial charge >= 0.3 is 5.97 Å². The summed E-state index contributed by atoms with van der Waals surface area (Å²) < 4.78 is 3.30. The zero-order valence-electron chi connectivity index (χ0n) is 8.99. The van der Waals surface area contributed by atoms with E-state index in [1.54, 1.807) is 33.5 Å². The van der Waals surface area contributed by atoms with E-state index in [0.29, 0.717) is 5.78 Å². The molecule has 17 heavy (non-hydrogen) atoms. The molecule has 1 N–H and O–H groups in total. The van der Waals surface area contributed by atoms with Crippen molar-refractivity contribution in [2.45, 2.75) is 0 Å². The fourth-order valence-electron chi connectivity index (χ4n) is 1.80. The predicted octanol–water partition coefficient (Wildman–Crippen LogP) is 2.10. The summed E-state index contributed by atoms with van der Waals surface area (Å²) in [5.41, 5.74) is 2.13. The Morgan fingerprint density at radius 1 is 1.47 bits per heavy atom. The Balaban J connectivity index is 2.19. The van der Waals surface area contributed by atoms with Crippen LogP contribution in [0.4, 0.5) is 0 Å². The molecule has 0 fully saturated rings. The summed E-state index contributed by atoms with van der Waals surface area (Å²) in [6, 6.07) is 1.99. The van der Waals surface area contributed by atoms with E-state index in [9.17, 15) is 4.79 Å². The van der Waals surface area contributed by atoms with Crippen molar-refractivity contribution < 1.29 is 9.90 Å². The summed E-state index contributed by atoms with van der Waals surface area (Å²) in [5, 5.41) is 13.0. The zero-order valence-corrected chi connectivity index (χ0v) is 9.81. The lowest BCUT2D eigenvalue weighted by Gasteiger charge is -1.94. The number of thiophene rings is 1. The molecule has 0 amide bonds. The second-order valence-electron chi connectivity index (χ2n) is 3.72. The van der Waals surface area contributed by atoms with Gasteiger partial charge in [-0.2, -0.15) is 11.3 Å². The highest BCUT2D eigenvalue weighted by Gasteiger charge is 2.15. The topological polar surface area (TPSA) is 59.5 Å². The molecule has 0 aliphatic carbocycles. The van der Waals surface area contributed by atoms with Gasteiger partial charge in [0.15, 0.2) is 0 Å². The first-order valence-electron chi connectivity index (χ1n) is 4.97. The van der Waals surface area contributed by atoms with Crippen molar-refractivity contribution in [3.05, 3.63) is 34.9 Å². The van der Waals surface area contributed by atoms with Crippen LogP contribution < -0.4 is 0 Å². The lowest BCUT2D eigenvalue weighted by Crippen LogP contribution is -2.04. The van der Waals surface area contributed by atoms with E-state index in [1.165, 1.54) is 0 Å². The Hall–Kier alpha value is -2.08. The Bertz CT molecular complexity index is 694. The maximum absolute atomic E-state index is 10.9. The smallest absolute Gasteiger partial charge is 0.354 e. The lowest BCUT2D eigenvalue weighted by atomic mass is 10.3. The van der Waals surface area contributed by atoms with Gasteiger partial charge in [-0.1, -0.05) is 0 Å². The molecule has 0 bridgehead atoms. The van der Waals surface area contributed by atoms with Crippen LogP contribution in [-0.4, -0.2) is 25.0 Å². The number of imidazole rings is 2. The van der Waals surface area contributed by atoms with Crippen LogP contribution in [0.3, 0.4) is 0 Å². The van der Waals surface area contributed by atoms with E-state index in [-0.39, 0.29) is 5.69 Å². The Morgan fingerprint density at radius 2 is 2.29 bits per heavy atom. The van der Waals surface area contributed by atoms with E-state index in [4.69, 9.17) is 5.11 Å². The van der Waals surface area contributed by atoms with Gasteiger partial charge in [-0.25, -0.2) is 9.78 Å². The van der Waals surface area contributed by atoms with E-state index in [1.807, 2.05) is 23.0 Å². The standard InChI is InChI=1S/C11H9N3O2S/c1-13-9(10(15)16)5-14-4-8(12-11(13)14)7-2-3-17-6-7/h2-6H,1H3,(H,15,16). The largest absolute Gasteiger partial charge is 0.477 e. The molecule has 0 aliphatic rings. The van der Waals surface area contributed by atoms with Gasteiger partial charge < -0.3 is 9.67 Å². The van der Waals surface area contributed by atoms with E-state index >= 15 is 0 Å². The van der Waals surface area contributed by atoms with Gasteiger partial charge in [0.2, 0.25) is 5.78 Å². The first kappa shape index (κ1) is 10.1. The number of carboxylic acid groups (broad SMARTS) is 1. The SMILES string of the molecule is Cn1c(C(=O)O)cn2cc(-c3ccsc3)nc12. The lowest BCUT2D eigenvalue weighted by molar-refractivity contribution is 0.0687. The van der Waals surface area contributed by atoms with E-state index in [2.05, 4.69) is 4.98 Å². The molecular weight excluding hydrogens is 238 g/mol. The first-order valence-corrected chi connectivity index (χ1v) is 5.91. The summed E-state index contributed by atoms with van der Waals surface area (Å²) in [6.45, 7) is 0. The van der Waals surface area contributed by atoms with Gasteiger partial charge in [0.1, 0.15) is 5.69 Å². The number of aromatic carboxylic acids is 1. The molecule has 0 saturated carbocycles. The number of carboxylic acids is 1. The van der Waals surface area contributed by atoms with Crippen LogP contribution in [0.5, 0.6) is 0 Å². The quantitative estimate of drug-likeness (QED) is 0.754. The van der Waals surface area contributed by atoms with Crippen LogP contribution in [0.15, 0.2) is 29.2 Å². The van der Waals surface area contributed by atoms with Gasteiger partial charge in [0.25, 0.3) is 0 Å².